The van der Waals surface area contributed by atoms with Crippen molar-refractivity contribution < 1.29 is 14.3 Å². The maximum atomic E-state index is 12.9. The Morgan fingerprint density at radius 3 is 2.26 bits per heavy atom. The molecule has 1 aliphatic rings. The first-order valence-corrected chi connectivity index (χ1v) is 12.7. The zero-order chi connectivity index (χ0) is 27.1. The van der Waals surface area contributed by atoms with Crippen molar-refractivity contribution in [3.63, 3.8) is 0 Å². The molecule has 1 fully saturated rings. The Hall–Kier alpha value is -4.28. The Balaban J connectivity index is 1.66. The van der Waals surface area contributed by atoms with Crippen LogP contribution in [0.5, 0.6) is 0 Å². The van der Waals surface area contributed by atoms with E-state index in [4.69, 9.17) is 9.73 Å². The molecule has 3 aromatic rings. The van der Waals surface area contributed by atoms with E-state index in [2.05, 4.69) is 11.4 Å². The minimum Gasteiger partial charge on any atom is -0.460 e. The summed E-state index contributed by atoms with van der Waals surface area (Å²) in [6.45, 7) is 6.48. The van der Waals surface area contributed by atoms with Crippen LogP contribution in [-0.2, 0) is 20.9 Å². The van der Waals surface area contributed by atoms with Crippen LogP contribution < -0.4 is 5.32 Å². The third-order valence-electron chi connectivity index (χ3n) is 6.10. The van der Waals surface area contributed by atoms with Gasteiger partial charge in [0, 0.05) is 24.2 Å². The smallest absolute Gasteiger partial charge is 0.308 e. The van der Waals surface area contributed by atoms with Crippen molar-refractivity contribution in [2.24, 2.45) is 4.99 Å². The number of carbonyl (C=O) groups excluding carboxylic acids is 2. The first kappa shape index (κ1) is 26.8. The molecule has 1 atom stereocenters. The molecular weight excluding hydrogens is 476 g/mol. The largest absolute Gasteiger partial charge is 0.460 e. The van der Waals surface area contributed by atoms with Crippen LogP contribution in [0.4, 0.5) is 5.69 Å². The van der Waals surface area contributed by atoms with Crippen molar-refractivity contribution in [2.45, 2.75) is 45.4 Å². The molecule has 1 N–H and O–H groups in total. The van der Waals surface area contributed by atoms with Gasteiger partial charge in [-0.2, -0.15) is 5.26 Å². The molecule has 0 saturated carbocycles. The summed E-state index contributed by atoms with van der Waals surface area (Å²) < 4.78 is 5.49. The molecule has 38 heavy (non-hydrogen) atoms. The molecule has 0 spiro atoms. The fourth-order valence-electron chi connectivity index (χ4n) is 4.40. The van der Waals surface area contributed by atoms with Crippen LogP contribution in [0.2, 0.25) is 0 Å². The number of esters is 1. The van der Waals surface area contributed by atoms with E-state index in [1.54, 1.807) is 11.0 Å². The number of carbonyl (C=O) groups is 2. The van der Waals surface area contributed by atoms with Gasteiger partial charge in [0.2, 0.25) is 5.91 Å². The molecule has 0 aliphatic carbocycles. The summed E-state index contributed by atoms with van der Waals surface area (Å²) in [4.78, 5) is 32.0. The molecule has 0 bridgehead atoms. The van der Waals surface area contributed by atoms with Gasteiger partial charge in [0.05, 0.1) is 36.0 Å². The Kier molecular flexibility index (Phi) is 8.35. The van der Waals surface area contributed by atoms with Gasteiger partial charge >= 0.3 is 5.97 Å². The molecule has 4 rings (SSSR count). The standard InChI is InChI=1S/C31H32N4O3/c1-31(2,3)38-29(37)17-26-19-33-20-28(36)35(26)21-22-14-15-25(18-32)27(16-22)34-30(23-10-6-4-7-11-23)24-12-8-5-9-13-24/h4-16,26,33H,17,19-21H2,1-3H3/t26-/m0/s1. The molecule has 1 saturated heterocycles. The number of ether oxygens (including phenoxy) is 1. The topological polar surface area (TPSA) is 94.8 Å². The van der Waals surface area contributed by atoms with Crippen LogP contribution in [0.25, 0.3) is 0 Å². The van der Waals surface area contributed by atoms with E-state index in [9.17, 15) is 14.9 Å². The van der Waals surface area contributed by atoms with Crippen LogP contribution >= 0.6 is 0 Å². The number of aliphatic imine (C=N–C) groups is 1. The van der Waals surface area contributed by atoms with Crippen LogP contribution in [0.15, 0.2) is 83.9 Å². The van der Waals surface area contributed by atoms with Crippen molar-refractivity contribution in [1.82, 2.24) is 10.2 Å². The lowest BCUT2D eigenvalue weighted by Crippen LogP contribution is -2.55. The molecule has 194 valence electrons. The fraction of sp³-hybridized carbons (Fsp3) is 0.290. The normalized spacial score (nSPS) is 15.5. The second-order valence-electron chi connectivity index (χ2n) is 10.3. The predicted octanol–water partition coefficient (Wildman–Crippen LogP) is 4.76. The summed E-state index contributed by atoms with van der Waals surface area (Å²) in [5, 5.41) is 12.9. The first-order valence-electron chi connectivity index (χ1n) is 12.7. The highest BCUT2D eigenvalue weighted by molar-refractivity contribution is 6.14. The highest BCUT2D eigenvalue weighted by Crippen LogP contribution is 2.26. The predicted molar refractivity (Wildman–Crippen MR) is 147 cm³/mol. The number of hydrogen-bond donors (Lipinski definition) is 1. The Bertz CT molecular complexity index is 1310. The average molecular weight is 509 g/mol. The van der Waals surface area contributed by atoms with Crippen molar-refractivity contribution in [3.05, 3.63) is 101 Å². The number of nitrogens with zero attached hydrogens (tertiary/aromatic N) is 3. The molecule has 7 heteroatoms. The molecule has 3 aromatic carbocycles. The average Bonchev–Trinajstić information content (AvgIpc) is 2.89. The van der Waals surface area contributed by atoms with Gasteiger partial charge in [-0.05, 0) is 38.5 Å². The molecule has 1 heterocycles. The lowest BCUT2D eigenvalue weighted by molar-refractivity contribution is -0.157. The molecule has 0 unspecified atom stereocenters. The minimum absolute atomic E-state index is 0.0894. The van der Waals surface area contributed by atoms with Crippen LogP contribution in [0.1, 0.15) is 49.4 Å². The van der Waals surface area contributed by atoms with E-state index >= 15 is 0 Å². The van der Waals surface area contributed by atoms with Crippen molar-refractivity contribution in [3.8, 4) is 6.07 Å². The number of benzene rings is 3. The monoisotopic (exact) mass is 508 g/mol. The number of amides is 1. The van der Waals surface area contributed by atoms with Gasteiger partial charge in [0.15, 0.2) is 0 Å². The lowest BCUT2D eigenvalue weighted by atomic mass is 10.0. The third-order valence-corrected chi connectivity index (χ3v) is 6.10. The van der Waals surface area contributed by atoms with Crippen LogP contribution in [0, 0.1) is 11.3 Å². The van der Waals surface area contributed by atoms with Gasteiger partial charge in [-0.3, -0.25) is 9.59 Å². The van der Waals surface area contributed by atoms with Crippen molar-refractivity contribution in [1.29, 1.82) is 5.26 Å². The number of nitrogens with one attached hydrogen (secondary N) is 1. The van der Waals surface area contributed by atoms with Gasteiger partial charge in [0.1, 0.15) is 11.7 Å². The number of hydrogen-bond acceptors (Lipinski definition) is 6. The summed E-state index contributed by atoms with van der Waals surface area (Å²) in [6, 6.07) is 27.0. The first-order chi connectivity index (χ1) is 18.2. The summed E-state index contributed by atoms with van der Waals surface area (Å²) in [5.41, 5.74) is 3.82. The SMILES string of the molecule is CC(C)(C)OC(=O)C[C@H]1CNCC(=O)N1Cc1ccc(C#N)c(N=C(c2ccccc2)c2ccccc2)c1. The number of nitriles is 1. The lowest BCUT2D eigenvalue weighted by Gasteiger charge is -2.36. The van der Waals surface area contributed by atoms with E-state index in [0.717, 1.165) is 22.4 Å². The van der Waals surface area contributed by atoms with Crippen LogP contribution in [-0.4, -0.2) is 47.2 Å². The second kappa shape index (κ2) is 11.8. The maximum absolute atomic E-state index is 12.9. The molecule has 1 amide bonds. The van der Waals surface area contributed by atoms with E-state index in [1.165, 1.54) is 0 Å². The van der Waals surface area contributed by atoms with Gasteiger partial charge in [-0.1, -0.05) is 66.7 Å². The maximum Gasteiger partial charge on any atom is 0.308 e. The van der Waals surface area contributed by atoms with Gasteiger partial charge in [-0.15, -0.1) is 0 Å². The van der Waals surface area contributed by atoms with E-state index in [1.807, 2.05) is 93.6 Å². The minimum atomic E-state index is -0.594. The zero-order valence-corrected chi connectivity index (χ0v) is 22.0. The third kappa shape index (κ3) is 6.93. The van der Waals surface area contributed by atoms with Crippen LogP contribution in [0.3, 0.4) is 0 Å². The zero-order valence-electron chi connectivity index (χ0n) is 22.0. The Morgan fingerprint density at radius 2 is 1.68 bits per heavy atom. The highest BCUT2D eigenvalue weighted by Gasteiger charge is 2.31. The highest BCUT2D eigenvalue weighted by atomic mass is 16.6. The van der Waals surface area contributed by atoms with Crippen molar-refractivity contribution in [2.75, 3.05) is 13.1 Å². The Morgan fingerprint density at radius 1 is 1.05 bits per heavy atom. The fourth-order valence-corrected chi connectivity index (χ4v) is 4.40. The summed E-state index contributed by atoms with van der Waals surface area (Å²) >= 11 is 0. The summed E-state index contributed by atoms with van der Waals surface area (Å²) in [5.74, 6) is -0.432. The molecule has 7 nitrogen and oxygen atoms in total. The van der Waals surface area contributed by atoms with Gasteiger partial charge in [0.25, 0.3) is 0 Å². The quantitative estimate of drug-likeness (QED) is 0.367. The van der Waals surface area contributed by atoms with Gasteiger partial charge in [-0.25, -0.2) is 4.99 Å². The van der Waals surface area contributed by atoms with Gasteiger partial charge < -0.3 is 15.0 Å². The van der Waals surface area contributed by atoms with E-state index < -0.39 is 5.60 Å². The number of rotatable bonds is 7. The molecule has 1 aliphatic heterocycles. The second-order valence-corrected chi connectivity index (χ2v) is 10.3. The van der Waals surface area contributed by atoms with E-state index in [-0.39, 0.29) is 30.9 Å². The molecule has 0 radical (unpaired) electrons. The van der Waals surface area contributed by atoms with E-state index in [0.29, 0.717) is 24.3 Å². The summed E-state index contributed by atoms with van der Waals surface area (Å²) in [7, 11) is 0. The Labute approximate surface area is 223 Å². The molecule has 0 aromatic heterocycles. The molecular formula is C31H32N4O3. The van der Waals surface area contributed by atoms with Crippen molar-refractivity contribution >= 4 is 23.3 Å². The number of piperazine rings is 1. The summed E-state index contributed by atoms with van der Waals surface area (Å²) in [6.07, 6.45) is 0.101.